The zero-order valence-electron chi connectivity index (χ0n) is 16.1. The van der Waals surface area contributed by atoms with E-state index in [1.807, 2.05) is 31.2 Å². The Morgan fingerprint density at radius 1 is 1.41 bits per heavy atom. The third-order valence-corrected chi connectivity index (χ3v) is 5.94. The van der Waals surface area contributed by atoms with E-state index < -0.39 is 0 Å². The summed E-state index contributed by atoms with van der Waals surface area (Å²) in [4.78, 5) is 18.1. The Morgan fingerprint density at radius 2 is 2.15 bits per heavy atom. The molecule has 27 heavy (non-hydrogen) atoms. The van der Waals surface area contributed by atoms with Crippen LogP contribution in [0.1, 0.15) is 31.1 Å². The zero-order chi connectivity index (χ0) is 18.5. The number of aromatic nitrogens is 1. The lowest BCUT2D eigenvalue weighted by Gasteiger charge is -2.27. The number of rotatable bonds is 6. The number of nitrogens with one attached hydrogen (secondary N) is 2. The fourth-order valence-electron chi connectivity index (χ4n) is 3.46. The number of halogens is 1. The number of hydrogen-bond donors (Lipinski definition) is 2. The molecule has 1 aliphatic heterocycles. The fraction of sp³-hybridized carbons (Fsp3) is 0.500. The van der Waals surface area contributed by atoms with Crippen molar-refractivity contribution < 1.29 is 9.53 Å². The molecule has 1 saturated heterocycles. The predicted molar refractivity (Wildman–Crippen MR) is 114 cm³/mol. The average Bonchev–Trinajstić information content (AvgIpc) is 3.02. The van der Waals surface area contributed by atoms with Crippen molar-refractivity contribution in [2.75, 3.05) is 25.5 Å². The lowest BCUT2D eigenvalue weighted by atomic mass is 9.85. The first kappa shape index (κ1) is 21.7. The maximum atomic E-state index is 12.4. The molecule has 2 N–H and O–H groups in total. The third-order valence-electron chi connectivity index (χ3n) is 5.05. The molecule has 2 atom stereocenters. The highest BCUT2D eigenvalue weighted by molar-refractivity contribution is 7.16. The van der Waals surface area contributed by atoms with Gasteiger partial charge < -0.3 is 15.4 Å². The van der Waals surface area contributed by atoms with E-state index in [2.05, 4.69) is 22.5 Å². The van der Waals surface area contributed by atoms with E-state index in [9.17, 15) is 4.79 Å². The monoisotopic (exact) mass is 409 g/mol. The summed E-state index contributed by atoms with van der Waals surface area (Å²) >= 11 is 1.52. The molecule has 2 unspecified atom stereocenters. The van der Waals surface area contributed by atoms with Crippen molar-refractivity contribution >= 4 is 34.8 Å². The SMILES string of the molecule is COc1ccc(-c2nc(NC(=O)CC(C)C3CCCNC3)sc2C)cc1.Cl. The van der Waals surface area contributed by atoms with Crippen LogP contribution in [0.5, 0.6) is 5.75 Å². The minimum absolute atomic E-state index is 0. The van der Waals surface area contributed by atoms with Crippen molar-refractivity contribution in [3.63, 3.8) is 0 Å². The number of benzene rings is 1. The Hall–Kier alpha value is -1.63. The van der Waals surface area contributed by atoms with Crippen LogP contribution in [-0.2, 0) is 4.79 Å². The Labute approximate surface area is 171 Å². The smallest absolute Gasteiger partial charge is 0.226 e. The second-order valence-corrected chi connectivity index (χ2v) is 8.19. The van der Waals surface area contributed by atoms with Gasteiger partial charge in [-0.15, -0.1) is 23.7 Å². The number of thiazole rings is 1. The lowest BCUT2D eigenvalue weighted by Crippen LogP contribution is -2.34. The Morgan fingerprint density at radius 3 is 2.78 bits per heavy atom. The van der Waals surface area contributed by atoms with E-state index in [-0.39, 0.29) is 18.3 Å². The first-order valence-electron chi connectivity index (χ1n) is 9.19. The van der Waals surface area contributed by atoms with Gasteiger partial charge in [-0.1, -0.05) is 6.92 Å². The van der Waals surface area contributed by atoms with Crippen LogP contribution in [0.2, 0.25) is 0 Å². The minimum atomic E-state index is 0. The number of nitrogens with zero attached hydrogens (tertiary/aromatic N) is 1. The van der Waals surface area contributed by atoms with Gasteiger partial charge in [0.05, 0.1) is 12.8 Å². The van der Waals surface area contributed by atoms with Gasteiger partial charge in [-0.2, -0.15) is 0 Å². The number of piperidine rings is 1. The molecule has 7 heteroatoms. The summed E-state index contributed by atoms with van der Waals surface area (Å²) in [5.74, 6) is 1.84. The fourth-order valence-corrected chi connectivity index (χ4v) is 4.31. The molecule has 5 nitrogen and oxygen atoms in total. The molecule has 0 spiro atoms. The summed E-state index contributed by atoms with van der Waals surface area (Å²) in [6, 6.07) is 7.83. The molecule has 2 heterocycles. The van der Waals surface area contributed by atoms with Gasteiger partial charge in [0, 0.05) is 16.9 Å². The maximum absolute atomic E-state index is 12.4. The molecule has 2 aromatic rings. The van der Waals surface area contributed by atoms with Crippen molar-refractivity contribution in [2.24, 2.45) is 11.8 Å². The predicted octanol–water partition coefficient (Wildman–Crippen LogP) is 4.51. The number of aryl methyl sites for hydroxylation is 1. The van der Waals surface area contributed by atoms with Gasteiger partial charge in [0.1, 0.15) is 5.75 Å². The van der Waals surface area contributed by atoms with E-state index in [1.165, 1.54) is 24.2 Å². The van der Waals surface area contributed by atoms with Crippen LogP contribution < -0.4 is 15.4 Å². The summed E-state index contributed by atoms with van der Waals surface area (Å²) in [5, 5.41) is 7.09. The summed E-state index contributed by atoms with van der Waals surface area (Å²) in [5.41, 5.74) is 1.94. The van der Waals surface area contributed by atoms with Crippen molar-refractivity contribution in [1.29, 1.82) is 0 Å². The van der Waals surface area contributed by atoms with E-state index >= 15 is 0 Å². The minimum Gasteiger partial charge on any atom is -0.497 e. The van der Waals surface area contributed by atoms with Gasteiger partial charge in [-0.3, -0.25) is 4.79 Å². The lowest BCUT2D eigenvalue weighted by molar-refractivity contribution is -0.117. The number of carbonyl (C=O) groups excluding carboxylic acids is 1. The van der Waals surface area contributed by atoms with Gasteiger partial charge >= 0.3 is 0 Å². The average molecular weight is 410 g/mol. The molecule has 0 aliphatic carbocycles. The standard InChI is InChI=1S/C20H27N3O2S.ClH/c1-13(16-5-4-10-21-12-16)11-18(24)22-20-23-19(14(2)26-20)15-6-8-17(25-3)9-7-15;/h6-9,13,16,21H,4-5,10-12H2,1-3H3,(H,22,23,24);1H. The van der Waals surface area contributed by atoms with Crippen LogP contribution in [0.25, 0.3) is 11.3 Å². The number of amides is 1. The molecular formula is C20H28ClN3O2S. The quantitative estimate of drug-likeness (QED) is 0.736. The van der Waals surface area contributed by atoms with Crippen molar-refractivity contribution in [3.8, 4) is 17.0 Å². The first-order valence-corrected chi connectivity index (χ1v) is 10.0. The molecule has 1 aromatic heterocycles. The molecule has 1 fully saturated rings. The van der Waals surface area contributed by atoms with Crippen LogP contribution in [0.3, 0.4) is 0 Å². The number of anilines is 1. The summed E-state index contributed by atoms with van der Waals surface area (Å²) in [6.45, 7) is 6.32. The van der Waals surface area contributed by atoms with E-state index in [0.717, 1.165) is 35.0 Å². The van der Waals surface area contributed by atoms with E-state index in [1.54, 1.807) is 7.11 Å². The second kappa shape index (κ2) is 10.1. The van der Waals surface area contributed by atoms with Crippen molar-refractivity contribution in [2.45, 2.75) is 33.1 Å². The number of ether oxygens (including phenoxy) is 1. The second-order valence-electron chi connectivity index (χ2n) is 6.99. The molecule has 1 aliphatic rings. The van der Waals surface area contributed by atoms with E-state index in [4.69, 9.17) is 4.74 Å². The number of carbonyl (C=O) groups is 1. The zero-order valence-corrected chi connectivity index (χ0v) is 17.7. The highest BCUT2D eigenvalue weighted by Gasteiger charge is 2.22. The van der Waals surface area contributed by atoms with Gasteiger partial charge in [-0.05, 0) is 69.0 Å². The van der Waals surface area contributed by atoms with Crippen LogP contribution in [0.4, 0.5) is 5.13 Å². The third kappa shape index (κ3) is 5.67. The largest absolute Gasteiger partial charge is 0.497 e. The van der Waals surface area contributed by atoms with Crippen molar-refractivity contribution in [3.05, 3.63) is 29.1 Å². The number of methoxy groups -OCH3 is 1. The van der Waals surface area contributed by atoms with Gasteiger partial charge in [0.2, 0.25) is 5.91 Å². The highest BCUT2D eigenvalue weighted by Crippen LogP contribution is 2.31. The summed E-state index contributed by atoms with van der Waals surface area (Å²) in [6.07, 6.45) is 2.95. The van der Waals surface area contributed by atoms with Crippen LogP contribution >= 0.6 is 23.7 Å². The highest BCUT2D eigenvalue weighted by atomic mass is 35.5. The van der Waals surface area contributed by atoms with Crippen LogP contribution in [0, 0.1) is 18.8 Å². The van der Waals surface area contributed by atoms with Crippen LogP contribution in [0.15, 0.2) is 24.3 Å². The molecule has 1 amide bonds. The Bertz CT molecular complexity index is 742. The molecule has 3 rings (SSSR count). The molecule has 1 aromatic carbocycles. The molecule has 0 saturated carbocycles. The Balaban J connectivity index is 0.00000261. The first-order chi connectivity index (χ1) is 12.6. The van der Waals surface area contributed by atoms with Crippen molar-refractivity contribution in [1.82, 2.24) is 10.3 Å². The molecule has 0 bridgehead atoms. The summed E-state index contributed by atoms with van der Waals surface area (Å²) in [7, 11) is 1.65. The van der Waals surface area contributed by atoms with Crippen LogP contribution in [-0.4, -0.2) is 31.1 Å². The summed E-state index contributed by atoms with van der Waals surface area (Å²) < 4.78 is 5.20. The normalized spacial score (nSPS) is 17.7. The molecule has 0 radical (unpaired) electrons. The molecule has 148 valence electrons. The Kier molecular flexibility index (Phi) is 8.07. The maximum Gasteiger partial charge on any atom is 0.226 e. The molecular weight excluding hydrogens is 382 g/mol. The number of hydrogen-bond acceptors (Lipinski definition) is 5. The van der Waals surface area contributed by atoms with E-state index in [0.29, 0.717) is 23.4 Å². The van der Waals surface area contributed by atoms with Gasteiger partial charge in [-0.25, -0.2) is 4.98 Å². The topological polar surface area (TPSA) is 63.2 Å². The van der Waals surface area contributed by atoms with Gasteiger partial charge in [0.15, 0.2) is 5.13 Å². The van der Waals surface area contributed by atoms with Gasteiger partial charge in [0.25, 0.3) is 0 Å².